The molecule has 3 heterocycles. The van der Waals surface area contributed by atoms with Crippen molar-refractivity contribution in [3.05, 3.63) is 11.9 Å². The normalized spacial score (nSPS) is 28.6. The molecule has 0 amide bonds. The van der Waals surface area contributed by atoms with Crippen LogP contribution in [-0.4, -0.2) is 71.4 Å². The molecule has 138 valence electrons. The molecule has 1 N–H and O–H groups in total. The fourth-order valence-corrected chi connectivity index (χ4v) is 4.61. The van der Waals surface area contributed by atoms with Crippen molar-refractivity contribution in [1.82, 2.24) is 14.9 Å². The molecule has 0 radical (unpaired) electrons. The van der Waals surface area contributed by atoms with Crippen molar-refractivity contribution in [3.8, 4) is 0 Å². The first-order valence-electron chi connectivity index (χ1n) is 9.98. The first-order valence-corrected chi connectivity index (χ1v) is 9.98. The maximum atomic E-state index is 10.3. The van der Waals surface area contributed by atoms with Crippen molar-refractivity contribution < 1.29 is 5.11 Å². The van der Waals surface area contributed by atoms with Crippen LogP contribution in [0.5, 0.6) is 0 Å². The van der Waals surface area contributed by atoms with E-state index in [1.165, 1.54) is 25.7 Å². The number of nitrogens with zero attached hydrogens (tertiary/aromatic N) is 5. The van der Waals surface area contributed by atoms with E-state index in [9.17, 15) is 5.11 Å². The highest BCUT2D eigenvalue weighted by Gasteiger charge is 2.31. The molecule has 1 saturated carbocycles. The van der Waals surface area contributed by atoms with E-state index >= 15 is 0 Å². The van der Waals surface area contributed by atoms with Gasteiger partial charge in [0.25, 0.3) is 0 Å². The van der Waals surface area contributed by atoms with E-state index in [2.05, 4.69) is 25.8 Å². The second-order valence-corrected chi connectivity index (χ2v) is 7.77. The molecule has 6 heteroatoms. The van der Waals surface area contributed by atoms with Crippen LogP contribution in [0.15, 0.2) is 6.07 Å². The van der Waals surface area contributed by atoms with Gasteiger partial charge in [0, 0.05) is 51.4 Å². The molecular weight excluding hydrogens is 314 g/mol. The van der Waals surface area contributed by atoms with Crippen LogP contribution in [-0.2, 0) is 0 Å². The fraction of sp³-hybridized carbons (Fsp3) is 0.789. The first kappa shape index (κ1) is 17.0. The Morgan fingerprint density at radius 1 is 0.840 bits per heavy atom. The Hall–Kier alpha value is -1.40. The zero-order chi connectivity index (χ0) is 17.2. The van der Waals surface area contributed by atoms with Gasteiger partial charge in [-0.15, -0.1) is 0 Å². The van der Waals surface area contributed by atoms with Crippen molar-refractivity contribution in [2.75, 3.05) is 49.1 Å². The molecule has 2 atom stereocenters. The van der Waals surface area contributed by atoms with Gasteiger partial charge < -0.3 is 14.9 Å². The molecule has 3 fully saturated rings. The van der Waals surface area contributed by atoms with Gasteiger partial charge in [0.05, 0.1) is 6.10 Å². The molecule has 6 nitrogen and oxygen atoms in total. The summed E-state index contributed by atoms with van der Waals surface area (Å²) < 4.78 is 0. The largest absolute Gasteiger partial charge is 0.391 e. The average Bonchev–Trinajstić information content (AvgIpc) is 3.17. The number of anilines is 2. The summed E-state index contributed by atoms with van der Waals surface area (Å²) in [7, 11) is 0. The lowest BCUT2D eigenvalue weighted by molar-refractivity contribution is 0.0172. The summed E-state index contributed by atoms with van der Waals surface area (Å²) in [6, 6.07) is 2.53. The molecule has 4 rings (SSSR count). The third-order valence-corrected chi connectivity index (χ3v) is 6.04. The van der Waals surface area contributed by atoms with Crippen molar-refractivity contribution >= 4 is 11.6 Å². The predicted molar refractivity (Wildman–Crippen MR) is 100 cm³/mol. The van der Waals surface area contributed by atoms with Crippen LogP contribution in [0.25, 0.3) is 0 Å². The van der Waals surface area contributed by atoms with Crippen LogP contribution in [0.2, 0.25) is 0 Å². The van der Waals surface area contributed by atoms with Gasteiger partial charge in [-0.1, -0.05) is 12.8 Å². The highest BCUT2D eigenvalue weighted by molar-refractivity contribution is 5.51. The number of aryl methyl sites for hydroxylation is 1. The molecule has 2 saturated heterocycles. The van der Waals surface area contributed by atoms with E-state index in [4.69, 9.17) is 4.98 Å². The Morgan fingerprint density at radius 3 is 2.08 bits per heavy atom. The Bertz CT molecular complexity index is 581. The zero-order valence-corrected chi connectivity index (χ0v) is 15.4. The second kappa shape index (κ2) is 7.46. The minimum absolute atomic E-state index is 0.136. The molecule has 1 aliphatic carbocycles. The minimum atomic E-state index is -0.136. The van der Waals surface area contributed by atoms with E-state index in [1.54, 1.807) is 0 Å². The molecule has 2 aliphatic heterocycles. The molecule has 1 aromatic heterocycles. The molecule has 0 bridgehead atoms. The molecule has 0 aromatic carbocycles. The van der Waals surface area contributed by atoms with Crippen molar-refractivity contribution in [1.29, 1.82) is 0 Å². The first-order chi connectivity index (χ1) is 12.2. The lowest BCUT2D eigenvalue weighted by atomic mass is 9.91. The Labute approximate surface area is 150 Å². The lowest BCUT2D eigenvalue weighted by Gasteiger charge is -2.43. The van der Waals surface area contributed by atoms with Gasteiger partial charge in [0.15, 0.2) is 0 Å². The van der Waals surface area contributed by atoms with Crippen molar-refractivity contribution in [3.63, 3.8) is 0 Å². The van der Waals surface area contributed by atoms with Gasteiger partial charge in [-0.25, -0.2) is 9.97 Å². The van der Waals surface area contributed by atoms with Crippen LogP contribution in [0.3, 0.4) is 0 Å². The third-order valence-electron chi connectivity index (χ3n) is 6.04. The monoisotopic (exact) mass is 345 g/mol. The fourth-order valence-electron chi connectivity index (χ4n) is 4.61. The third kappa shape index (κ3) is 3.75. The molecular formula is C19H31N5O. The molecule has 1 aromatic rings. The van der Waals surface area contributed by atoms with Gasteiger partial charge >= 0.3 is 0 Å². The number of aliphatic hydroxyl groups is 1. The summed E-state index contributed by atoms with van der Waals surface area (Å²) >= 11 is 0. The minimum Gasteiger partial charge on any atom is -0.391 e. The zero-order valence-electron chi connectivity index (χ0n) is 15.4. The smallest absolute Gasteiger partial charge is 0.134 e. The van der Waals surface area contributed by atoms with Gasteiger partial charge in [0.1, 0.15) is 17.5 Å². The lowest BCUT2D eigenvalue weighted by Crippen LogP contribution is -2.54. The Morgan fingerprint density at radius 2 is 1.44 bits per heavy atom. The topological polar surface area (TPSA) is 55.7 Å². The van der Waals surface area contributed by atoms with Gasteiger partial charge in [-0.2, -0.15) is 0 Å². The maximum absolute atomic E-state index is 10.3. The summed E-state index contributed by atoms with van der Waals surface area (Å²) in [4.78, 5) is 16.6. The van der Waals surface area contributed by atoms with Crippen LogP contribution in [0.4, 0.5) is 11.6 Å². The summed E-state index contributed by atoms with van der Waals surface area (Å²) in [5.41, 5.74) is 0. The highest BCUT2D eigenvalue weighted by atomic mass is 16.3. The van der Waals surface area contributed by atoms with Crippen LogP contribution in [0.1, 0.15) is 44.3 Å². The van der Waals surface area contributed by atoms with Gasteiger partial charge in [-0.3, -0.25) is 4.90 Å². The molecule has 3 aliphatic rings. The number of hydrogen-bond donors (Lipinski definition) is 1. The number of piperazine rings is 1. The summed E-state index contributed by atoms with van der Waals surface area (Å²) in [5, 5.41) is 10.3. The highest BCUT2D eigenvalue weighted by Crippen LogP contribution is 2.26. The standard InChI is InChI=1S/C19H31N5O/c1-15-20-18(23-8-4-5-9-23)14-19(21-15)24-12-10-22(11-13-24)16-6-2-3-7-17(16)25/h14,16-17,25H,2-13H2,1H3. The number of aromatic nitrogens is 2. The summed E-state index contributed by atoms with van der Waals surface area (Å²) in [6.07, 6.45) is 6.94. The van der Waals surface area contributed by atoms with Crippen LogP contribution in [0, 0.1) is 6.92 Å². The number of hydrogen-bond acceptors (Lipinski definition) is 6. The average molecular weight is 345 g/mol. The molecule has 25 heavy (non-hydrogen) atoms. The number of rotatable bonds is 3. The number of aliphatic hydroxyl groups excluding tert-OH is 1. The van der Waals surface area contributed by atoms with Gasteiger partial charge in [-0.05, 0) is 32.6 Å². The van der Waals surface area contributed by atoms with E-state index in [0.717, 1.165) is 69.6 Å². The second-order valence-electron chi connectivity index (χ2n) is 7.77. The van der Waals surface area contributed by atoms with E-state index in [0.29, 0.717) is 6.04 Å². The predicted octanol–water partition coefficient (Wildman–Crippen LogP) is 1.81. The quantitative estimate of drug-likeness (QED) is 0.902. The van der Waals surface area contributed by atoms with Crippen LogP contribution < -0.4 is 9.80 Å². The van der Waals surface area contributed by atoms with Crippen LogP contribution >= 0.6 is 0 Å². The van der Waals surface area contributed by atoms with E-state index in [-0.39, 0.29) is 6.10 Å². The van der Waals surface area contributed by atoms with E-state index in [1.807, 2.05) is 6.92 Å². The Balaban J connectivity index is 1.42. The van der Waals surface area contributed by atoms with Crippen molar-refractivity contribution in [2.45, 2.75) is 57.6 Å². The molecule has 2 unspecified atom stereocenters. The van der Waals surface area contributed by atoms with E-state index < -0.39 is 0 Å². The summed E-state index contributed by atoms with van der Waals surface area (Å²) in [5.74, 6) is 3.02. The Kier molecular flexibility index (Phi) is 5.08. The van der Waals surface area contributed by atoms with Crippen molar-refractivity contribution in [2.24, 2.45) is 0 Å². The maximum Gasteiger partial charge on any atom is 0.134 e. The molecule has 0 spiro atoms. The van der Waals surface area contributed by atoms with Gasteiger partial charge in [0.2, 0.25) is 0 Å². The summed E-state index contributed by atoms with van der Waals surface area (Å²) in [6.45, 7) is 8.23. The SMILES string of the molecule is Cc1nc(N2CCCC2)cc(N2CCN(C3CCCCC3O)CC2)n1.